The topological polar surface area (TPSA) is 52.5 Å². The van der Waals surface area contributed by atoms with Crippen LogP contribution in [-0.2, 0) is 6.18 Å². The lowest BCUT2D eigenvalue weighted by Gasteiger charge is -2.29. The van der Waals surface area contributed by atoms with E-state index in [4.69, 9.17) is 0 Å². The van der Waals surface area contributed by atoms with E-state index in [2.05, 4.69) is 5.32 Å². The molecule has 0 aliphatic heterocycles. The zero-order chi connectivity index (χ0) is 15.5. The molecule has 0 saturated heterocycles. The van der Waals surface area contributed by atoms with Crippen LogP contribution < -0.4 is 5.32 Å². The largest absolute Gasteiger partial charge is 0.416 e. The summed E-state index contributed by atoms with van der Waals surface area (Å²) in [7, 11) is 0. The normalized spacial score (nSPS) is 24.8. The molecule has 0 heterocycles. The maximum atomic E-state index is 12.6. The molecule has 3 nitrogen and oxygen atoms in total. The van der Waals surface area contributed by atoms with E-state index in [0.29, 0.717) is 0 Å². The van der Waals surface area contributed by atoms with Crippen molar-refractivity contribution in [1.82, 2.24) is 5.32 Å². The second-order valence-corrected chi connectivity index (χ2v) is 5.51. The van der Waals surface area contributed by atoms with Gasteiger partial charge in [0.1, 0.15) is 0 Å². The molecule has 21 heavy (non-hydrogen) atoms. The molecule has 1 aliphatic rings. The monoisotopic (exact) mass is 303 g/mol. The zero-order valence-corrected chi connectivity index (χ0v) is 11.6. The number of nitrogens with one attached hydrogen (secondary N) is 1. The fourth-order valence-corrected chi connectivity index (χ4v) is 2.65. The van der Waals surface area contributed by atoms with Crippen molar-refractivity contribution in [3.63, 3.8) is 0 Å². The van der Waals surface area contributed by atoms with Crippen molar-refractivity contribution in [2.45, 2.75) is 50.1 Å². The molecule has 0 radical (unpaired) electrons. The molecular weight excluding hydrogens is 283 g/mol. The smallest absolute Gasteiger partial charge is 0.392 e. The summed E-state index contributed by atoms with van der Waals surface area (Å²) in [5.41, 5.74) is -0.542. The SMILES string of the molecule is OC(CNC1CCCCC1O)c1cccc(C(F)(F)F)c1. The minimum absolute atomic E-state index is 0.0980. The van der Waals surface area contributed by atoms with Gasteiger partial charge in [0.05, 0.1) is 17.8 Å². The molecule has 3 N–H and O–H groups in total. The van der Waals surface area contributed by atoms with E-state index in [1.54, 1.807) is 0 Å². The van der Waals surface area contributed by atoms with Crippen molar-refractivity contribution < 1.29 is 23.4 Å². The van der Waals surface area contributed by atoms with E-state index in [1.165, 1.54) is 12.1 Å². The molecule has 3 atom stereocenters. The van der Waals surface area contributed by atoms with Crippen molar-refractivity contribution in [1.29, 1.82) is 0 Å². The fourth-order valence-electron chi connectivity index (χ4n) is 2.65. The van der Waals surface area contributed by atoms with Crippen LogP contribution in [0.15, 0.2) is 24.3 Å². The summed E-state index contributed by atoms with van der Waals surface area (Å²) < 4.78 is 37.9. The van der Waals surface area contributed by atoms with Gasteiger partial charge in [0, 0.05) is 12.6 Å². The average Bonchev–Trinajstić information content (AvgIpc) is 2.45. The number of halogens is 3. The number of aliphatic hydroxyl groups is 2. The van der Waals surface area contributed by atoms with Crippen molar-refractivity contribution in [3.05, 3.63) is 35.4 Å². The highest BCUT2D eigenvalue weighted by Crippen LogP contribution is 2.30. The quantitative estimate of drug-likeness (QED) is 0.801. The zero-order valence-electron chi connectivity index (χ0n) is 11.6. The molecule has 3 unspecified atom stereocenters. The van der Waals surface area contributed by atoms with Crippen LogP contribution in [0.25, 0.3) is 0 Å². The van der Waals surface area contributed by atoms with Crippen LogP contribution in [0.5, 0.6) is 0 Å². The van der Waals surface area contributed by atoms with Crippen molar-refractivity contribution in [2.24, 2.45) is 0 Å². The second-order valence-electron chi connectivity index (χ2n) is 5.51. The highest BCUT2D eigenvalue weighted by molar-refractivity contribution is 5.27. The maximum absolute atomic E-state index is 12.6. The van der Waals surface area contributed by atoms with E-state index in [1.807, 2.05) is 0 Å². The van der Waals surface area contributed by atoms with Gasteiger partial charge in [-0.15, -0.1) is 0 Å². The predicted molar refractivity (Wildman–Crippen MR) is 72.7 cm³/mol. The van der Waals surface area contributed by atoms with Gasteiger partial charge < -0.3 is 15.5 Å². The fraction of sp³-hybridized carbons (Fsp3) is 0.600. The number of hydrogen-bond acceptors (Lipinski definition) is 3. The number of rotatable bonds is 4. The Bertz CT molecular complexity index is 464. The lowest BCUT2D eigenvalue weighted by Crippen LogP contribution is -2.43. The molecule has 1 aromatic carbocycles. The van der Waals surface area contributed by atoms with E-state index < -0.39 is 23.9 Å². The summed E-state index contributed by atoms with van der Waals surface area (Å²) in [5, 5.41) is 22.9. The molecule has 6 heteroatoms. The van der Waals surface area contributed by atoms with Gasteiger partial charge in [-0.2, -0.15) is 13.2 Å². The first-order chi connectivity index (χ1) is 9.88. The van der Waals surface area contributed by atoms with E-state index in [9.17, 15) is 23.4 Å². The number of benzene rings is 1. The third-order valence-corrected chi connectivity index (χ3v) is 3.90. The third-order valence-electron chi connectivity index (χ3n) is 3.90. The molecule has 0 spiro atoms. The summed E-state index contributed by atoms with van der Waals surface area (Å²) in [6, 6.07) is 4.60. The summed E-state index contributed by atoms with van der Waals surface area (Å²) in [6.07, 6.45) is -2.37. The van der Waals surface area contributed by atoms with Crippen molar-refractivity contribution in [3.8, 4) is 0 Å². The van der Waals surface area contributed by atoms with Gasteiger partial charge in [-0.25, -0.2) is 0 Å². The Morgan fingerprint density at radius 3 is 2.62 bits per heavy atom. The van der Waals surface area contributed by atoms with Gasteiger partial charge >= 0.3 is 6.18 Å². The Kier molecular flexibility index (Phi) is 5.24. The van der Waals surface area contributed by atoms with Crippen LogP contribution in [0, 0.1) is 0 Å². The van der Waals surface area contributed by atoms with Crippen LogP contribution in [0.2, 0.25) is 0 Å². The minimum Gasteiger partial charge on any atom is -0.392 e. The Balaban J connectivity index is 1.95. The van der Waals surface area contributed by atoms with Crippen molar-refractivity contribution >= 4 is 0 Å². The standard InChI is InChI=1S/C15H20F3NO2/c16-15(17,18)11-5-3-4-10(8-11)14(21)9-19-12-6-1-2-7-13(12)20/h3-5,8,12-14,19-21H,1-2,6-7,9H2. The van der Waals surface area contributed by atoms with E-state index in [-0.39, 0.29) is 18.2 Å². The molecule has 1 fully saturated rings. The van der Waals surface area contributed by atoms with E-state index >= 15 is 0 Å². The lowest BCUT2D eigenvalue weighted by atomic mass is 9.92. The van der Waals surface area contributed by atoms with Gasteiger partial charge in [0.2, 0.25) is 0 Å². The Hall–Kier alpha value is -1.11. The van der Waals surface area contributed by atoms with Crippen LogP contribution in [0.1, 0.15) is 42.9 Å². The molecule has 2 rings (SSSR count). The predicted octanol–water partition coefficient (Wildman–Crippen LogP) is 2.63. The Morgan fingerprint density at radius 1 is 1.24 bits per heavy atom. The summed E-state index contributed by atoms with van der Waals surface area (Å²) in [4.78, 5) is 0. The molecule has 1 aliphatic carbocycles. The molecule has 1 saturated carbocycles. The highest BCUT2D eigenvalue weighted by Gasteiger charge is 2.31. The van der Waals surface area contributed by atoms with Crippen LogP contribution in [0.4, 0.5) is 13.2 Å². The molecule has 0 bridgehead atoms. The van der Waals surface area contributed by atoms with Crippen LogP contribution in [-0.4, -0.2) is 28.9 Å². The van der Waals surface area contributed by atoms with E-state index in [0.717, 1.165) is 37.8 Å². The van der Waals surface area contributed by atoms with Gasteiger partial charge in [-0.05, 0) is 30.5 Å². The van der Waals surface area contributed by atoms with Gasteiger partial charge in [-0.1, -0.05) is 25.0 Å². The Morgan fingerprint density at radius 2 is 1.95 bits per heavy atom. The first kappa shape index (κ1) is 16.3. The Labute approximate surface area is 121 Å². The van der Waals surface area contributed by atoms with Gasteiger partial charge in [0.15, 0.2) is 0 Å². The van der Waals surface area contributed by atoms with Crippen LogP contribution >= 0.6 is 0 Å². The average molecular weight is 303 g/mol. The molecule has 0 aromatic heterocycles. The first-order valence-corrected chi connectivity index (χ1v) is 7.14. The summed E-state index contributed by atoms with van der Waals surface area (Å²) in [5.74, 6) is 0. The summed E-state index contributed by atoms with van der Waals surface area (Å²) >= 11 is 0. The molecular formula is C15H20F3NO2. The number of hydrogen-bond donors (Lipinski definition) is 3. The molecule has 0 amide bonds. The first-order valence-electron chi connectivity index (χ1n) is 7.14. The maximum Gasteiger partial charge on any atom is 0.416 e. The van der Waals surface area contributed by atoms with Crippen LogP contribution in [0.3, 0.4) is 0 Å². The second kappa shape index (κ2) is 6.77. The van der Waals surface area contributed by atoms with Gasteiger partial charge in [0.25, 0.3) is 0 Å². The lowest BCUT2D eigenvalue weighted by molar-refractivity contribution is -0.137. The highest BCUT2D eigenvalue weighted by atomic mass is 19.4. The number of aliphatic hydroxyl groups excluding tert-OH is 2. The number of alkyl halides is 3. The minimum atomic E-state index is -4.41. The van der Waals surface area contributed by atoms with Gasteiger partial charge in [-0.3, -0.25) is 0 Å². The molecule has 118 valence electrons. The summed E-state index contributed by atoms with van der Waals surface area (Å²) in [6.45, 7) is 0.128. The van der Waals surface area contributed by atoms with Crippen molar-refractivity contribution in [2.75, 3.05) is 6.54 Å². The molecule has 1 aromatic rings. The third kappa shape index (κ3) is 4.43.